The summed E-state index contributed by atoms with van der Waals surface area (Å²) in [6.07, 6.45) is 0. The average molecular weight is 328 g/mol. The van der Waals surface area contributed by atoms with Crippen LogP contribution in [0, 0.1) is 12.7 Å². The Bertz CT molecular complexity index is 677. The molecule has 0 atom stereocenters. The number of carbonyl (C=O) groups excluding carboxylic acids is 1. The Labute approximate surface area is 131 Å². The zero-order valence-corrected chi connectivity index (χ0v) is 12.6. The molecule has 0 fully saturated rings. The Morgan fingerprint density at radius 2 is 2.00 bits per heavy atom. The molecule has 0 unspecified atom stereocenters. The molecule has 0 bridgehead atoms. The molecule has 0 heterocycles. The van der Waals surface area contributed by atoms with Crippen molar-refractivity contribution in [1.29, 1.82) is 0 Å². The second-order valence-electron chi connectivity index (χ2n) is 4.37. The van der Waals surface area contributed by atoms with Gasteiger partial charge in [-0.2, -0.15) is 0 Å². The molecule has 2 aromatic carbocycles. The first-order chi connectivity index (χ1) is 9.95. The Morgan fingerprint density at radius 3 is 2.67 bits per heavy atom. The summed E-state index contributed by atoms with van der Waals surface area (Å²) in [5.41, 5.74) is 1.16. The number of halogens is 3. The summed E-state index contributed by atoms with van der Waals surface area (Å²) in [4.78, 5) is 11.8. The fourth-order valence-electron chi connectivity index (χ4n) is 1.70. The number of nitrogens with one attached hydrogen (secondary N) is 1. The van der Waals surface area contributed by atoms with Crippen LogP contribution in [0.15, 0.2) is 36.4 Å². The van der Waals surface area contributed by atoms with Crippen molar-refractivity contribution in [2.24, 2.45) is 0 Å². The van der Waals surface area contributed by atoms with E-state index in [0.717, 1.165) is 11.6 Å². The van der Waals surface area contributed by atoms with Crippen molar-refractivity contribution in [3.05, 3.63) is 57.8 Å². The van der Waals surface area contributed by atoms with Crippen LogP contribution in [0.4, 0.5) is 10.1 Å². The molecule has 21 heavy (non-hydrogen) atoms. The molecule has 2 aromatic rings. The number of rotatable bonds is 4. The molecule has 0 saturated heterocycles. The smallest absolute Gasteiger partial charge is 0.262 e. The molecule has 110 valence electrons. The van der Waals surface area contributed by atoms with Crippen LogP contribution in [0.5, 0.6) is 5.75 Å². The lowest BCUT2D eigenvalue weighted by Crippen LogP contribution is -2.20. The molecule has 1 amide bonds. The normalized spacial score (nSPS) is 10.3. The van der Waals surface area contributed by atoms with Crippen molar-refractivity contribution in [2.75, 3.05) is 11.9 Å². The van der Waals surface area contributed by atoms with Crippen molar-refractivity contribution in [2.45, 2.75) is 6.92 Å². The summed E-state index contributed by atoms with van der Waals surface area (Å²) in [5, 5.41) is 3.28. The first-order valence-electron chi connectivity index (χ1n) is 6.09. The number of aryl methyl sites for hydroxylation is 1. The lowest BCUT2D eigenvalue weighted by atomic mass is 10.2. The minimum Gasteiger partial charge on any atom is -0.483 e. The molecule has 2 rings (SSSR count). The predicted octanol–water partition coefficient (Wildman–Crippen LogP) is 4.46. The Balaban J connectivity index is 1.96. The van der Waals surface area contributed by atoms with Crippen LogP contribution >= 0.6 is 23.2 Å². The van der Waals surface area contributed by atoms with E-state index in [9.17, 15) is 9.18 Å². The summed E-state index contributed by atoms with van der Waals surface area (Å²) in [6, 6.07) is 8.84. The van der Waals surface area contributed by atoms with E-state index in [0.29, 0.717) is 16.5 Å². The van der Waals surface area contributed by atoms with Gasteiger partial charge in [-0.15, -0.1) is 0 Å². The van der Waals surface area contributed by atoms with E-state index in [1.807, 2.05) is 6.92 Å². The maximum absolute atomic E-state index is 12.9. The molecular formula is C15H12Cl2FNO2. The molecule has 0 radical (unpaired) electrons. The summed E-state index contributed by atoms with van der Waals surface area (Å²) >= 11 is 11.7. The second-order valence-corrected chi connectivity index (χ2v) is 5.21. The number of ether oxygens (including phenoxy) is 1. The standard InChI is InChI=1S/C15H12Cl2FNO2/c1-9-6-10(16)2-5-14(9)21-8-15(20)19-13-4-3-11(18)7-12(13)17/h2-7H,8H2,1H3,(H,19,20). The van der Waals surface area contributed by atoms with Crippen LogP contribution in [-0.4, -0.2) is 12.5 Å². The average Bonchev–Trinajstić information content (AvgIpc) is 2.41. The van der Waals surface area contributed by atoms with E-state index in [-0.39, 0.29) is 11.6 Å². The van der Waals surface area contributed by atoms with Crippen LogP contribution in [0.25, 0.3) is 0 Å². The summed E-state index contributed by atoms with van der Waals surface area (Å²) in [5.74, 6) is -0.288. The molecule has 3 nitrogen and oxygen atoms in total. The van der Waals surface area contributed by atoms with Gasteiger partial charge in [-0.25, -0.2) is 4.39 Å². The molecule has 0 saturated carbocycles. The Morgan fingerprint density at radius 1 is 1.24 bits per heavy atom. The summed E-state index contributed by atoms with van der Waals surface area (Å²) in [7, 11) is 0. The van der Waals surface area contributed by atoms with Gasteiger partial charge in [-0.05, 0) is 48.9 Å². The first-order valence-corrected chi connectivity index (χ1v) is 6.85. The number of hydrogen-bond donors (Lipinski definition) is 1. The van der Waals surface area contributed by atoms with E-state index < -0.39 is 11.7 Å². The molecular weight excluding hydrogens is 316 g/mol. The molecule has 0 spiro atoms. The maximum Gasteiger partial charge on any atom is 0.262 e. The highest BCUT2D eigenvalue weighted by Crippen LogP contribution is 2.23. The van der Waals surface area contributed by atoms with Crippen LogP contribution in [0.1, 0.15) is 5.56 Å². The summed E-state index contributed by atoms with van der Waals surface area (Å²) < 4.78 is 18.3. The lowest BCUT2D eigenvalue weighted by Gasteiger charge is -2.10. The third-order valence-electron chi connectivity index (χ3n) is 2.70. The minimum absolute atomic E-state index is 0.131. The van der Waals surface area contributed by atoms with Gasteiger partial charge in [0.05, 0.1) is 10.7 Å². The molecule has 0 aliphatic rings. The monoisotopic (exact) mass is 327 g/mol. The third kappa shape index (κ3) is 4.34. The topological polar surface area (TPSA) is 38.3 Å². The SMILES string of the molecule is Cc1cc(Cl)ccc1OCC(=O)Nc1ccc(F)cc1Cl. The third-order valence-corrected chi connectivity index (χ3v) is 3.25. The molecule has 0 aliphatic carbocycles. The van der Waals surface area contributed by atoms with Crippen molar-refractivity contribution in [1.82, 2.24) is 0 Å². The highest BCUT2D eigenvalue weighted by atomic mass is 35.5. The highest BCUT2D eigenvalue weighted by molar-refractivity contribution is 6.33. The maximum atomic E-state index is 12.9. The number of amides is 1. The van der Waals surface area contributed by atoms with Gasteiger partial charge in [0.25, 0.3) is 5.91 Å². The highest BCUT2D eigenvalue weighted by Gasteiger charge is 2.08. The lowest BCUT2D eigenvalue weighted by molar-refractivity contribution is -0.118. The van der Waals surface area contributed by atoms with Gasteiger partial charge >= 0.3 is 0 Å². The van der Waals surface area contributed by atoms with Crippen molar-refractivity contribution in [3.8, 4) is 5.75 Å². The Hall–Kier alpha value is -1.78. The predicted molar refractivity (Wildman–Crippen MR) is 81.7 cm³/mol. The Kier molecular flexibility index (Phi) is 5.04. The van der Waals surface area contributed by atoms with E-state index in [2.05, 4.69) is 5.32 Å². The minimum atomic E-state index is -0.467. The largest absolute Gasteiger partial charge is 0.483 e. The fraction of sp³-hybridized carbons (Fsp3) is 0.133. The quantitative estimate of drug-likeness (QED) is 0.900. The number of hydrogen-bond acceptors (Lipinski definition) is 2. The van der Waals surface area contributed by atoms with E-state index >= 15 is 0 Å². The van der Waals surface area contributed by atoms with Gasteiger partial charge < -0.3 is 10.1 Å². The summed E-state index contributed by atoms with van der Waals surface area (Å²) in [6.45, 7) is 1.64. The van der Waals surface area contributed by atoms with E-state index in [4.69, 9.17) is 27.9 Å². The molecule has 1 N–H and O–H groups in total. The van der Waals surface area contributed by atoms with E-state index in [1.54, 1.807) is 18.2 Å². The number of carbonyl (C=O) groups is 1. The van der Waals surface area contributed by atoms with Crippen LogP contribution in [0.3, 0.4) is 0 Å². The number of benzene rings is 2. The van der Waals surface area contributed by atoms with Gasteiger partial charge in [0, 0.05) is 5.02 Å². The van der Waals surface area contributed by atoms with E-state index in [1.165, 1.54) is 12.1 Å². The second kappa shape index (κ2) is 6.78. The van der Waals surface area contributed by atoms with Gasteiger partial charge in [0.2, 0.25) is 0 Å². The molecule has 0 aromatic heterocycles. The van der Waals surface area contributed by atoms with Crippen LogP contribution < -0.4 is 10.1 Å². The van der Waals surface area contributed by atoms with Gasteiger partial charge in [-0.1, -0.05) is 23.2 Å². The number of anilines is 1. The van der Waals surface area contributed by atoms with Gasteiger partial charge in [0.15, 0.2) is 6.61 Å². The van der Waals surface area contributed by atoms with Crippen molar-refractivity contribution >= 4 is 34.8 Å². The van der Waals surface area contributed by atoms with Gasteiger partial charge in [0.1, 0.15) is 11.6 Å². The zero-order chi connectivity index (χ0) is 15.4. The fourth-order valence-corrected chi connectivity index (χ4v) is 2.14. The van der Waals surface area contributed by atoms with Crippen molar-refractivity contribution < 1.29 is 13.9 Å². The van der Waals surface area contributed by atoms with Gasteiger partial charge in [-0.3, -0.25) is 4.79 Å². The van der Waals surface area contributed by atoms with Crippen LogP contribution in [0.2, 0.25) is 10.0 Å². The molecule has 6 heteroatoms. The van der Waals surface area contributed by atoms with Crippen molar-refractivity contribution in [3.63, 3.8) is 0 Å². The zero-order valence-electron chi connectivity index (χ0n) is 11.1. The molecule has 0 aliphatic heterocycles. The first kappa shape index (κ1) is 15.6. The van der Waals surface area contributed by atoms with Crippen LogP contribution in [-0.2, 0) is 4.79 Å².